The molecule has 82 valence electrons. The van der Waals surface area contributed by atoms with E-state index in [-0.39, 0.29) is 0 Å². The largest absolute Gasteiger partial charge is 0.465 e. The lowest BCUT2D eigenvalue weighted by Gasteiger charge is -2.06. The molecule has 0 spiro atoms. The van der Waals surface area contributed by atoms with Crippen molar-refractivity contribution in [3.63, 3.8) is 0 Å². The molecule has 0 unspecified atom stereocenters. The van der Waals surface area contributed by atoms with Crippen LogP contribution >= 0.6 is 11.6 Å². The predicted molar refractivity (Wildman–Crippen MR) is 62.5 cm³/mol. The normalized spacial score (nSPS) is 10.4. The summed E-state index contributed by atoms with van der Waals surface area (Å²) in [6, 6.07) is 4.96. The second kappa shape index (κ2) is 3.98. The van der Waals surface area contributed by atoms with Gasteiger partial charge in [0.15, 0.2) is 0 Å². The molecule has 0 amide bonds. The summed E-state index contributed by atoms with van der Waals surface area (Å²) in [5.41, 5.74) is 7.21. The number of nitrogen functional groups attached to an aromatic ring is 1. The summed E-state index contributed by atoms with van der Waals surface area (Å²) in [6.45, 7) is 0. The van der Waals surface area contributed by atoms with Crippen LogP contribution in [0.5, 0.6) is 0 Å². The highest BCUT2D eigenvalue weighted by Crippen LogP contribution is 2.26. The first-order chi connectivity index (χ1) is 7.63. The molecule has 1 heterocycles. The molecular formula is C11H9ClN2O2. The van der Waals surface area contributed by atoms with E-state index in [2.05, 4.69) is 9.72 Å². The lowest BCUT2D eigenvalue weighted by atomic mass is 10.1. The van der Waals surface area contributed by atoms with E-state index in [1.807, 2.05) is 0 Å². The Hall–Kier alpha value is -1.81. The molecule has 0 aliphatic rings. The maximum absolute atomic E-state index is 11.4. The van der Waals surface area contributed by atoms with Crippen molar-refractivity contribution in [2.45, 2.75) is 0 Å². The van der Waals surface area contributed by atoms with Crippen molar-refractivity contribution in [2.75, 3.05) is 12.8 Å². The van der Waals surface area contributed by atoms with Crippen molar-refractivity contribution >= 4 is 34.2 Å². The number of carbonyl (C=O) groups excluding carboxylic acids is 1. The highest BCUT2D eigenvalue weighted by molar-refractivity contribution is 6.31. The Balaban J connectivity index is 2.72. The second-order valence-corrected chi connectivity index (χ2v) is 3.68. The third-order valence-electron chi connectivity index (χ3n) is 2.28. The number of anilines is 1. The fourth-order valence-corrected chi connectivity index (χ4v) is 1.64. The minimum atomic E-state index is -0.473. The van der Waals surface area contributed by atoms with Crippen LogP contribution < -0.4 is 5.73 Å². The van der Waals surface area contributed by atoms with E-state index < -0.39 is 5.97 Å². The standard InChI is InChI=1S/C11H9ClN2O2/c1-16-11(15)7-2-3-9-8(10(7)13)4-6(12)5-14-9/h2-5H,13H2,1H3. The van der Waals surface area contributed by atoms with E-state index in [1.165, 1.54) is 13.3 Å². The Morgan fingerprint density at radius 3 is 2.94 bits per heavy atom. The monoisotopic (exact) mass is 236 g/mol. The average Bonchev–Trinajstić information content (AvgIpc) is 2.29. The molecule has 0 fully saturated rings. The van der Waals surface area contributed by atoms with Gasteiger partial charge in [0.1, 0.15) is 0 Å². The van der Waals surface area contributed by atoms with Crippen LogP contribution in [0.2, 0.25) is 5.02 Å². The van der Waals surface area contributed by atoms with Gasteiger partial charge in [-0.15, -0.1) is 0 Å². The van der Waals surface area contributed by atoms with Gasteiger partial charge in [-0.2, -0.15) is 0 Å². The number of nitrogens with zero attached hydrogens (tertiary/aromatic N) is 1. The van der Waals surface area contributed by atoms with Crippen LogP contribution in [-0.2, 0) is 4.74 Å². The van der Waals surface area contributed by atoms with E-state index in [9.17, 15) is 4.79 Å². The number of rotatable bonds is 1. The van der Waals surface area contributed by atoms with E-state index >= 15 is 0 Å². The first-order valence-corrected chi connectivity index (χ1v) is 4.93. The van der Waals surface area contributed by atoms with Crippen LogP contribution in [-0.4, -0.2) is 18.1 Å². The summed E-state index contributed by atoms with van der Waals surface area (Å²) in [7, 11) is 1.31. The predicted octanol–water partition coefficient (Wildman–Crippen LogP) is 2.26. The van der Waals surface area contributed by atoms with Gasteiger partial charge in [-0.25, -0.2) is 4.79 Å². The van der Waals surface area contributed by atoms with Crippen LogP contribution in [0.4, 0.5) is 5.69 Å². The molecule has 0 radical (unpaired) electrons. The lowest BCUT2D eigenvalue weighted by molar-refractivity contribution is 0.0602. The van der Waals surface area contributed by atoms with Crippen molar-refractivity contribution < 1.29 is 9.53 Å². The number of benzene rings is 1. The minimum absolute atomic E-state index is 0.319. The van der Waals surface area contributed by atoms with Crippen molar-refractivity contribution in [3.8, 4) is 0 Å². The molecule has 2 rings (SSSR count). The molecular weight excluding hydrogens is 228 g/mol. The highest BCUT2D eigenvalue weighted by Gasteiger charge is 2.12. The van der Waals surface area contributed by atoms with Gasteiger partial charge in [-0.3, -0.25) is 4.98 Å². The van der Waals surface area contributed by atoms with E-state index in [0.717, 1.165) is 0 Å². The molecule has 16 heavy (non-hydrogen) atoms. The zero-order valence-electron chi connectivity index (χ0n) is 8.53. The topological polar surface area (TPSA) is 65.2 Å². The summed E-state index contributed by atoms with van der Waals surface area (Å²) in [6.07, 6.45) is 1.53. The fraction of sp³-hybridized carbons (Fsp3) is 0.0909. The number of carbonyl (C=O) groups is 1. The summed E-state index contributed by atoms with van der Waals surface area (Å²) in [5, 5.41) is 1.12. The Morgan fingerprint density at radius 2 is 2.25 bits per heavy atom. The number of pyridine rings is 1. The van der Waals surface area contributed by atoms with Gasteiger partial charge in [0.05, 0.1) is 28.9 Å². The van der Waals surface area contributed by atoms with Crippen LogP contribution in [0.1, 0.15) is 10.4 Å². The number of aromatic nitrogens is 1. The van der Waals surface area contributed by atoms with Crippen molar-refractivity contribution in [1.82, 2.24) is 4.98 Å². The highest BCUT2D eigenvalue weighted by atomic mass is 35.5. The number of methoxy groups -OCH3 is 1. The van der Waals surface area contributed by atoms with Gasteiger partial charge >= 0.3 is 5.97 Å². The van der Waals surface area contributed by atoms with Crippen molar-refractivity contribution in [2.24, 2.45) is 0 Å². The molecule has 2 aromatic rings. The third kappa shape index (κ3) is 1.67. The summed E-state index contributed by atoms with van der Waals surface area (Å²) >= 11 is 5.82. The van der Waals surface area contributed by atoms with Gasteiger partial charge in [-0.05, 0) is 18.2 Å². The van der Waals surface area contributed by atoms with E-state index in [4.69, 9.17) is 17.3 Å². The van der Waals surface area contributed by atoms with Crippen molar-refractivity contribution in [3.05, 3.63) is 35.0 Å². The maximum atomic E-state index is 11.4. The SMILES string of the molecule is COC(=O)c1ccc2ncc(Cl)cc2c1N. The van der Waals surface area contributed by atoms with Crippen LogP contribution in [0.25, 0.3) is 10.9 Å². The molecule has 2 N–H and O–H groups in total. The minimum Gasteiger partial charge on any atom is -0.465 e. The van der Waals surface area contributed by atoms with Crippen LogP contribution in [0, 0.1) is 0 Å². The molecule has 4 nitrogen and oxygen atoms in total. The number of nitrogens with two attached hydrogens (primary N) is 1. The molecule has 1 aromatic carbocycles. The van der Waals surface area contributed by atoms with Gasteiger partial charge in [0.2, 0.25) is 0 Å². The van der Waals surface area contributed by atoms with E-state index in [0.29, 0.717) is 27.2 Å². The quantitative estimate of drug-likeness (QED) is 0.609. The van der Waals surface area contributed by atoms with Crippen LogP contribution in [0.3, 0.4) is 0 Å². The molecule has 0 aliphatic carbocycles. The number of ether oxygens (including phenoxy) is 1. The molecule has 0 aliphatic heterocycles. The first kappa shape index (κ1) is 10.7. The molecule has 1 aromatic heterocycles. The molecule has 0 bridgehead atoms. The van der Waals surface area contributed by atoms with Gasteiger partial charge in [-0.1, -0.05) is 11.6 Å². The number of fused-ring (bicyclic) bond motifs is 1. The molecule has 0 atom stereocenters. The number of halogens is 1. The molecule has 0 saturated heterocycles. The van der Waals surface area contributed by atoms with Crippen molar-refractivity contribution in [1.29, 1.82) is 0 Å². The first-order valence-electron chi connectivity index (χ1n) is 4.55. The Bertz CT molecular complexity index is 569. The summed E-state index contributed by atoms with van der Waals surface area (Å²) < 4.78 is 4.62. The zero-order valence-corrected chi connectivity index (χ0v) is 9.28. The Kier molecular flexibility index (Phi) is 2.66. The van der Waals surface area contributed by atoms with Crippen LogP contribution in [0.15, 0.2) is 24.4 Å². The third-order valence-corrected chi connectivity index (χ3v) is 2.49. The lowest BCUT2D eigenvalue weighted by Crippen LogP contribution is -2.06. The number of hydrogen-bond acceptors (Lipinski definition) is 4. The van der Waals surface area contributed by atoms with E-state index in [1.54, 1.807) is 18.2 Å². The Labute approximate surface area is 97.0 Å². The number of esters is 1. The van der Waals surface area contributed by atoms with Gasteiger partial charge < -0.3 is 10.5 Å². The average molecular weight is 237 g/mol. The molecule has 5 heteroatoms. The molecule has 0 saturated carbocycles. The Morgan fingerprint density at radius 1 is 1.50 bits per heavy atom. The van der Waals surface area contributed by atoms with Gasteiger partial charge in [0.25, 0.3) is 0 Å². The summed E-state index contributed by atoms with van der Waals surface area (Å²) in [5.74, 6) is -0.473. The fourth-order valence-electron chi connectivity index (χ4n) is 1.48. The second-order valence-electron chi connectivity index (χ2n) is 3.24. The van der Waals surface area contributed by atoms with Gasteiger partial charge in [0, 0.05) is 11.6 Å². The smallest absolute Gasteiger partial charge is 0.339 e. The summed E-state index contributed by atoms with van der Waals surface area (Å²) in [4.78, 5) is 15.5. The number of hydrogen-bond donors (Lipinski definition) is 1. The zero-order chi connectivity index (χ0) is 11.7. The maximum Gasteiger partial charge on any atom is 0.339 e.